The summed E-state index contributed by atoms with van der Waals surface area (Å²) in [6.45, 7) is 12.1. The molecule has 224 valence electrons. The molecule has 3 heterocycles. The van der Waals surface area contributed by atoms with Gasteiger partial charge >= 0.3 is 5.97 Å². The van der Waals surface area contributed by atoms with Crippen molar-refractivity contribution in [1.29, 1.82) is 0 Å². The molecule has 0 radical (unpaired) electrons. The number of ether oxygens (including phenoxy) is 5. The summed E-state index contributed by atoms with van der Waals surface area (Å²) in [5.41, 5.74) is 0. The van der Waals surface area contributed by atoms with Crippen molar-refractivity contribution in [2.75, 3.05) is 21.2 Å². The van der Waals surface area contributed by atoms with Gasteiger partial charge in [-0.05, 0) is 58.4 Å². The van der Waals surface area contributed by atoms with Crippen LogP contribution in [0.1, 0.15) is 60.8 Å². The Bertz CT molecular complexity index is 855. The summed E-state index contributed by atoms with van der Waals surface area (Å²) in [5.74, 6) is -0.517. The lowest BCUT2D eigenvalue weighted by Gasteiger charge is -2.48. The number of fused-ring (bicyclic) bond motifs is 1. The molecule has 2 fully saturated rings. The minimum Gasteiger partial charge on any atom is -0.463 e. The van der Waals surface area contributed by atoms with E-state index in [0.717, 1.165) is 0 Å². The van der Waals surface area contributed by atoms with Crippen LogP contribution in [0.5, 0.6) is 0 Å². The average Bonchev–Trinajstić information content (AvgIpc) is 3.59. The van der Waals surface area contributed by atoms with Crippen molar-refractivity contribution in [1.82, 2.24) is 4.90 Å². The Morgan fingerprint density at radius 3 is 2.26 bits per heavy atom. The molecule has 0 aromatic carbocycles. The number of epoxide rings is 1. The van der Waals surface area contributed by atoms with E-state index < -0.39 is 18.5 Å². The number of likely N-dealkylation sites (N-methyl/N-ethyl adjacent to an activating group) is 1. The molecule has 2 saturated heterocycles. The Kier molecular flexibility index (Phi) is 11.9. The minimum absolute atomic E-state index is 0.0283. The first-order valence-corrected chi connectivity index (χ1v) is 14.8. The Labute approximate surface area is 236 Å². The maximum absolute atomic E-state index is 13.0. The second-order valence-corrected chi connectivity index (χ2v) is 12.4. The van der Waals surface area contributed by atoms with Crippen LogP contribution in [0.4, 0.5) is 0 Å². The molecule has 0 N–H and O–H groups in total. The number of rotatable bonds is 5. The summed E-state index contributed by atoms with van der Waals surface area (Å²) >= 11 is 0. The fourth-order valence-electron chi connectivity index (χ4n) is 6.25. The van der Waals surface area contributed by atoms with Gasteiger partial charge in [-0.15, -0.1) is 0 Å². The van der Waals surface area contributed by atoms with Crippen LogP contribution in [-0.4, -0.2) is 92.9 Å². The van der Waals surface area contributed by atoms with Gasteiger partial charge in [-0.3, -0.25) is 9.59 Å². The molecule has 3 aliphatic heterocycles. The number of cyclic esters (lactones) is 1. The van der Waals surface area contributed by atoms with Gasteiger partial charge in [-0.1, -0.05) is 27.7 Å². The first-order chi connectivity index (χ1) is 18.4. The Balaban J connectivity index is 1.90. The Morgan fingerprint density at radius 1 is 0.949 bits per heavy atom. The fraction of sp³-hybridized carbons (Fsp3) is 0.862. The Morgan fingerprint density at radius 2 is 1.64 bits per heavy atom. The lowest BCUT2D eigenvalue weighted by molar-refractivity contribution is -0.292. The highest BCUT2D eigenvalue weighted by Crippen LogP contribution is 2.36. The van der Waals surface area contributed by atoms with Gasteiger partial charge in [0.1, 0.15) is 18.3 Å². The lowest BCUT2D eigenvalue weighted by atomic mass is 9.83. The van der Waals surface area contributed by atoms with E-state index in [4.69, 9.17) is 28.2 Å². The summed E-state index contributed by atoms with van der Waals surface area (Å²) in [6.07, 6.45) is 2.39. The SMILES string of the molecule is CO[C@@H]1[C@@H](OC2OC(C)C(C)C(N(C)C)C2OP)[C@@H](C)C[C@@H](C)C(=O)/C=C/[C@@H]2O[C@H]2C[C@@H](C)OC(=O)C[C@H]1C. The predicted octanol–water partition coefficient (Wildman–Crippen LogP) is 3.79. The first-order valence-electron chi connectivity index (χ1n) is 14.3. The zero-order valence-electron chi connectivity index (χ0n) is 25.1. The standard InChI is InChI=1S/C29H50NO8P/c1-15-12-16(2)27(37-29-28(38-39)25(30(7)8)19(5)20(6)35-29)26(33-9)17(3)13-24(32)34-18(4)14-23-22(36-23)11-10-21(15)31/h10-11,15-20,22-23,25-29H,12-14,39H2,1-9H3/b11-10+/t15-,16+,17-,18-,19?,20?,22+,23+,25?,26+,27+,28?,29?/m1/s1. The number of allylic oxidation sites excluding steroid dienone is 1. The molecule has 0 spiro atoms. The summed E-state index contributed by atoms with van der Waals surface area (Å²) in [7, 11) is 8.07. The molecule has 39 heavy (non-hydrogen) atoms. The van der Waals surface area contributed by atoms with E-state index in [2.05, 4.69) is 28.2 Å². The highest BCUT2D eigenvalue weighted by molar-refractivity contribution is 7.09. The summed E-state index contributed by atoms with van der Waals surface area (Å²) in [6, 6.07) is 0.0618. The van der Waals surface area contributed by atoms with E-state index in [1.54, 1.807) is 13.2 Å². The molecule has 0 aliphatic carbocycles. The molecule has 0 aromatic heterocycles. The van der Waals surface area contributed by atoms with Crippen molar-refractivity contribution >= 4 is 21.2 Å². The molecule has 0 aromatic rings. The highest BCUT2D eigenvalue weighted by atomic mass is 31.0. The topological polar surface area (TPSA) is 96.1 Å². The fourth-order valence-corrected chi connectivity index (χ4v) is 6.54. The van der Waals surface area contributed by atoms with Crippen LogP contribution < -0.4 is 0 Å². The second kappa shape index (κ2) is 14.3. The largest absolute Gasteiger partial charge is 0.463 e. The van der Waals surface area contributed by atoms with E-state index in [1.165, 1.54) is 0 Å². The maximum Gasteiger partial charge on any atom is 0.306 e. The molecule has 3 rings (SSSR count). The van der Waals surface area contributed by atoms with Gasteiger partial charge < -0.3 is 33.1 Å². The zero-order valence-corrected chi connectivity index (χ0v) is 26.2. The predicted molar refractivity (Wildman–Crippen MR) is 151 cm³/mol. The molecule has 14 atom stereocenters. The maximum atomic E-state index is 13.0. The van der Waals surface area contributed by atoms with E-state index >= 15 is 0 Å². The smallest absolute Gasteiger partial charge is 0.306 e. The molecule has 0 amide bonds. The summed E-state index contributed by atoms with van der Waals surface area (Å²) in [4.78, 5) is 28.0. The van der Waals surface area contributed by atoms with Crippen LogP contribution in [0.3, 0.4) is 0 Å². The number of carbonyl (C=O) groups is 2. The number of methoxy groups -OCH3 is 1. The van der Waals surface area contributed by atoms with E-state index in [0.29, 0.717) is 12.8 Å². The van der Waals surface area contributed by atoms with Gasteiger partial charge in [0, 0.05) is 40.9 Å². The van der Waals surface area contributed by atoms with E-state index in [9.17, 15) is 9.59 Å². The average molecular weight is 572 g/mol. The lowest BCUT2D eigenvalue weighted by Crippen LogP contribution is -2.60. The summed E-state index contributed by atoms with van der Waals surface area (Å²) < 4.78 is 36.4. The minimum atomic E-state index is -0.661. The van der Waals surface area contributed by atoms with Crippen molar-refractivity contribution in [2.45, 2.75) is 116 Å². The van der Waals surface area contributed by atoms with Crippen molar-refractivity contribution in [3.63, 3.8) is 0 Å². The molecule has 3 aliphatic rings. The molecular weight excluding hydrogens is 521 g/mol. The highest BCUT2D eigenvalue weighted by Gasteiger charge is 2.47. The third-order valence-corrected chi connectivity index (χ3v) is 8.98. The normalized spacial score (nSPS) is 45.5. The van der Waals surface area contributed by atoms with Gasteiger partial charge in [0.05, 0.1) is 30.8 Å². The van der Waals surface area contributed by atoms with Crippen molar-refractivity contribution in [3.8, 4) is 0 Å². The Hall–Kier alpha value is -0.930. The quantitative estimate of drug-likeness (QED) is 0.277. The van der Waals surface area contributed by atoms with Crippen molar-refractivity contribution in [3.05, 3.63) is 12.2 Å². The first kappa shape index (κ1) is 32.6. The number of hydrogen-bond donors (Lipinski definition) is 0. The number of nitrogens with zero attached hydrogens (tertiary/aromatic N) is 1. The van der Waals surface area contributed by atoms with Gasteiger partial charge in [-0.2, -0.15) is 0 Å². The van der Waals surface area contributed by atoms with Crippen molar-refractivity contribution in [2.24, 2.45) is 23.7 Å². The van der Waals surface area contributed by atoms with Crippen LogP contribution in [0, 0.1) is 23.7 Å². The van der Waals surface area contributed by atoms with Crippen LogP contribution in [0.2, 0.25) is 0 Å². The van der Waals surface area contributed by atoms with Gasteiger partial charge in [0.2, 0.25) is 0 Å². The number of hydrogen-bond acceptors (Lipinski definition) is 9. The van der Waals surface area contributed by atoms with Gasteiger partial charge in [0.25, 0.3) is 0 Å². The van der Waals surface area contributed by atoms with Crippen LogP contribution >= 0.6 is 9.47 Å². The number of carbonyl (C=O) groups excluding carboxylic acids is 2. The molecule has 10 heteroatoms. The van der Waals surface area contributed by atoms with Gasteiger partial charge in [0.15, 0.2) is 12.1 Å². The monoisotopic (exact) mass is 571 g/mol. The third-order valence-electron chi connectivity index (χ3n) is 8.66. The zero-order chi connectivity index (χ0) is 29.0. The number of ketones is 1. The molecule has 0 saturated carbocycles. The second-order valence-electron chi connectivity index (χ2n) is 12.2. The van der Waals surface area contributed by atoms with Gasteiger partial charge in [-0.25, -0.2) is 0 Å². The van der Waals surface area contributed by atoms with E-state index in [-0.39, 0.29) is 78.4 Å². The molecular formula is C29H50NO8P. The number of esters is 1. The van der Waals surface area contributed by atoms with Crippen molar-refractivity contribution < 1.29 is 37.8 Å². The molecule has 9 nitrogen and oxygen atoms in total. The van der Waals surface area contributed by atoms with Crippen LogP contribution in [0.25, 0.3) is 0 Å². The van der Waals surface area contributed by atoms with Crippen LogP contribution in [0.15, 0.2) is 12.2 Å². The molecule has 0 bridgehead atoms. The third kappa shape index (κ3) is 8.31. The van der Waals surface area contributed by atoms with Crippen LogP contribution in [-0.2, 0) is 37.8 Å². The molecule has 6 unspecified atom stereocenters. The summed E-state index contributed by atoms with van der Waals surface area (Å²) in [5, 5.41) is 0. The van der Waals surface area contributed by atoms with E-state index in [1.807, 2.05) is 47.9 Å².